The van der Waals surface area contributed by atoms with E-state index in [1.54, 1.807) is 0 Å². The lowest BCUT2D eigenvalue weighted by molar-refractivity contribution is -0.0434. The van der Waals surface area contributed by atoms with Crippen LogP contribution in [-0.2, 0) is 4.74 Å². The maximum Gasteiger partial charge on any atom is 0.302 e. The van der Waals surface area contributed by atoms with Gasteiger partial charge in [0.15, 0.2) is 12.3 Å². The highest BCUT2D eigenvalue weighted by molar-refractivity contribution is 5.10. The molecule has 0 aromatic carbocycles. The standard InChI is InChI=1S/C9H10N2O5/c12-3-4-6(14)7-8(15-4)11-2-1-5(13)10-9(11)16-7/h1-2,4,6-8,12,14H,3H2/t4-,6-,7+,8-/m1/s1/i14+1. The summed E-state index contributed by atoms with van der Waals surface area (Å²) in [5, 5.41) is 18.7. The first-order valence-corrected chi connectivity index (χ1v) is 4.91. The van der Waals surface area contributed by atoms with Crippen LogP contribution in [0, 0.1) is 0 Å². The van der Waals surface area contributed by atoms with Gasteiger partial charge in [0.25, 0.3) is 5.56 Å². The predicted octanol–water partition coefficient (Wildman–Crippen LogP) is -1.75. The van der Waals surface area contributed by atoms with E-state index >= 15 is 0 Å². The van der Waals surface area contributed by atoms with Gasteiger partial charge in [0.05, 0.1) is 6.61 Å². The fourth-order valence-corrected chi connectivity index (χ4v) is 2.02. The molecule has 7 heteroatoms. The van der Waals surface area contributed by atoms with Crippen molar-refractivity contribution in [3.63, 3.8) is 0 Å². The van der Waals surface area contributed by atoms with Crippen molar-refractivity contribution in [1.82, 2.24) is 9.55 Å². The molecule has 0 amide bonds. The van der Waals surface area contributed by atoms with Crippen molar-refractivity contribution >= 4 is 0 Å². The third kappa shape index (κ3) is 1.19. The Kier molecular flexibility index (Phi) is 2.00. The minimum Gasteiger partial charge on any atom is -0.453 e. The molecule has 4 atom stereocenters. The summed E-state index contributed by atoms with van der Waals surface area (Å²) in [6.45, 7) is -0.277. The summed E-state index contributed by atoms with van der Waals surface area (Å²) in [4.78, 5) is 14.7. The topological polar surface area (TPSA) is 93.8 Å². The SMILES string of the molecule is O=c1ccn2c(n1)O[C@H]1[C@H]([17OH])[C@@H](CO)O[C@H]12. The zero-order chi connectivity index (χ0) is 11.3. The van der Waals surface area contributed by atoms with Gasteiger partial charge in [-0.15, -0.1) is 0 Å². The van der Waals surface area contributed by atoms with E-state index in [4.69, 9.17) is 14.6 Å². The first-order chi connectivity index (χ1) is 7.70. The molecule has 2 aliphatic rings. The van der Waals surface area contributed by atoms with E-state index in [1.807, 2.05) is 0 Å². The summed E-state index contributed by atoms with van der Waals surface area (Å²) in [5.74, 6) is 0. The van der Waals surface area contributed by atoms with Crippen LogP contribution in [0.2, 0.25) is 0 Å². The molecular weight excluding hydrogens is 217 g/mol. The van der Waals surface area contributed by atoms with Crippen LogP contribution in [0.1, 0.15) is 6.23 Å². The average molecular weight is 227 g/mol. The zero-order valence-corrected chi connectivity index (χ0v) is 8.18. The molecule has 3 heterocycles. The Balaban J connectivity index is 1.99. The highest BCUT2D eigenvalue weighted by Crippen LogP contribution is 2.38. The highest BCUT2D eigenvalue weighted by Gasteiger charge is 2.50. The number of nitrogens with zero attached hydrogens (tertiary/aromatic N) is 2. The number of hydrogen-bond donors (Lipinski definition) is 2. The second-order valence-corrected chi connectivity index (χ2v) is 3.78. The number of aliphatic hydroxyl groups excluding tert-OH is 2. The number of aromatic nitrogens is 2. The Bertz CT molecular complexity index is 473. The van der Waals surface area contributed by atoms with E-state index in [0.29, 0.717) is 0 Å². The largest absolute Gasteiger partial charge is 0.453 e. The van der Waals surface area contributed by atoms with Crippen LogP contribution in [0.5, 0.6) is 6.01 Å². The van der Waals surface area contributed by atoms with E-state index in [9.17, 15) is 9.90 Å². The monoisotopic (exact) mass is 227 g/mol. The quantitative estimate of drug-likeness (QED) is 0.591. The van der Waals surface area contributed by atoms with Crippen LogP contribution < -0.4 is 10.3 Å². The fraction of sp³-hybridized carbons (Fsp3) is 0.556. The number of hydrogen-bond acceptors (Lipinski definition) is 6. The summed E-state index contributed by atoms with van der Waals surface area (Å²) < 4.78 is 12.3. The van der Waals surface area contributed by atoms with E-state index in [2.05, 4.69) is 4.98 Å². The summed E-state index contributed by atoms with van der Waals surface area (Å²) in [5.41, 5.74) is -0.403. The van der Waals surface area contributed by atoms with Crippen LogP contribution in [0.25, 0.3) is 0 Å². The Labute approximate surface area is 89.9 Å². The molecule has 1 saturated heterocycles. The van der Waals surface area contributed by atoms with Crippen molar-refractivity contribution in [2.24, 2.45) is 0 Å². The molecule has 16 heavy (non-hydrogen) atoms. The first-order valence-electron chi connectivity index (χ1n) is 4.91. The van der Waals surface area contributed by atoms with Crippen LogP contribution >= 0.6 is 0 Å². The van der Waals surface area contributed by atoms with Crippen molar-refractivity contribution in [2.75, 3.05) is 6.61 Å². The van der Waals surface area contributed by atoms with Crippen LogP contribution in [0.4, 0.5) is 0 Å². The molecule has 1 aromatic rings. The van der Waals surface area contributed by atoms with Crippen LogP contribution in [0.15, 0.2) is 17.1 Å². The Hall–Kier alpha value is -1.44. The van der Waals surface area contributed by atoms with Crippen molar-refractivity contribution in [3.8, 4) is 6.01 Å². The first kappa shape index (κ1) is 9.76. The third-order valence-corrected chi connectivity index (χ3v) is 2.81. The number of aliphatic hydroxyl groups is 2. The van der Waals surface area contributed by atoms with Gasteiger partial charge >= 0.3 is 6.01 Å². The van der Waals surface area contributed by atoms with Gasteiger partial charge in [-0.1, -0.05) is 0 Å². The third-order valence-electron chi connectivity index (χ3n) is 2.81. The molecule has 0 spiro atoms. The lowest BCUT2D eigenvalue weighted by atomic mass is 10.1. The maximum atomic E-state index is 11.0. The summed E-state index contributed by atoms with van der Waals surface area (Å²) in [7, 11) is 0. The van der Waals surface area contributed by atoms with Crippen LogP contribution in [0.3, 0.4) is 0 Å². The Morgan fingerprint density at radius 3 is 3.19 bits per heavy atom. The average Bonchev–Trinajstić information content (AvgIpc) is 2.75. The van der Waals surface area contributed by atoms with Crippen molar-refractivity contribution in [3.05, 3.63) is 22.6 Å². The molecule has 7 nitrogen and oxygen atoms in total. The van der Waals surface area contributed by atoms with Gasteiger partial charge in [0, 0.05) is 12.3 Å². The van der Waals surface area contributed by atoms with Crippen molar-refractivity contribution < 1.29 is 19.7 Å². The predicted molar refractivity (Wildman–Crippen MR) is 49.9 cm³/mol. The van der Waals surface area contributed by atoms with E-state index in [1.165, 1.54) is 16.8 Å². The maximum absolute atomic E-state index is 11.0. The molecule has 86 valence electrons. The molecule has 1 fully saturated rings. The normalized spacial score (nSPS) is 35.6. The Morgan fingerprint density at radius 1 is 1.62 bits per heavy atom. The van der Waals surface area contributed by atoms with Gasteiger partial charge in [-0.05, 0) is 0 Å². The number of rotatable bonds is 1. The van der Waals surface area contributed by atoms with Gasteiger partial charge < -0.3 is 19.7 Å². The molecular formula is C9H10N2O5. The van der Waals surface area contributed by atoms with E-state index in [0.717, 1.165) is 0 Å². The molecule has 3 rings (SSSR count). The fourth-order valence-electron chi connectivity index (χ4n) is 2.02. The smallest absolute Gasteiger partial charge is 0.302 e. The summed E-state index contributed by atoms with van der Waals surface area (Å²) >= 11 is 0. The molecule has 0 aliphatic carbocycles. The van der Waals surface area contributed by atoms with E-state index in [-0.39, 0.29) is 12.6 Å². The summed E-state index contributed by atoms with van der Waals surface area (Å²) in [6, 6.07) is 1.43. The molecule has 1 aromatic heterocycles. The molecule has 0 saturated carbocycles. The number of fused-ring (bicyclic) bond motifs is 3. The van der Waals surface area contributed by atoms with Gasteiger partial charge in [-0.25, -0.2) is 0 Å². The second kappa shape index (κ2) is 3.27. The second-order valence-electron chi connectivity index (χ2n) is 3.78. The van der Waals surface area contributed by atoms with Crippen LogP contribution in [-0.4, -0.2) is 44.7 Å². The van der Waals surface area contributed by atoms with Gasteiger partial charge in [-0.2, -0.15) is 4.98 Å². The van der Waals surface area contributed by atoms with Gasteiger partial charge in [0.2, 0.25) is 0 Å². The minimum atomic E-state index is -0.924. The van der Waals surface area contributed by atoms with Crippen molar-refractivity contribution in [1.29, 1.82) is 0 Å². The zero-order valence-electron chi connectivity index (χ0n) is 8.18. The van der Waals surface area contributed by atoms with Gasteiger partial charge in [0.1, 0.15) is 12.2 Å². The van der Waals surface area contributed by atoms with Gasteiger partial charge in [-0.3, -0.25) is 9.36 Å². The minimum absolute atomic E-state index is 0.137. The molecule has 0 unspecified atom stereocenters. The lowest BCUT2D eigenvalue weighted by Crippen LogP contribution is -2.34. The van der Waals surface area contributed by atoms with Crippen molar-refractivity contribution in [2.45, 2.75) is 24.5 Å². The number of ether oxygens (including phenoxy) is 2. The lowest BCUT2D eigenvalue weighted by Gasteiger charge is -2.13. The van der Waals surface area contributed by atoms with E-state index < -0.39 is 30.1 Å². The molecule has 0 bridgehead atoms. The molecule has 2 N–H and O–H groups in total. The Morgan fingerprint density at radius 2 is 2.44 bits per heavy atom. The summed E-state index contributed by atoms with van der Waals surface area (Å²) in [6.07, 6.45) is -1.24. The molecule has 2 aliphatic heterocycles. The highest BCUT2D eigenvalue weighted by atomic mass is 17.2. The molecule has 0 radical (unpaired) electrons.